The number of aromatic nitrogens is 1. The maximum absolute atomic E-state index is 11.0. The van der Waals surface area contributed by atoms with Crippen molar-refractivity contribution in [3.63, 3.8) is 0 Å². The highest BCUT2D eigenvalue weighted by molar-refractivity contribution is 6.33. The maximum atomic E-state index is 11.0. The Morgan fingerprint density at radius 2 is 2.13 bits per heavy atom. The lowest BCUT2D eigenvalue weighted by atomic mass is 10.0. The van der Waals surface area contributed by atoms with E-state index in [1.807, 2.05) is 25.1 Å². The van der Waals surface area contributed by atoms with E-state index in [0.29, 0.717) is 27.9 Å². The largest absolute Gasteiger partial charge is 0.481 e. The molecule has 0 saturated heterocycles. The highest BCUT2D eigenvalue weighted by Gasteiger charge is 2.16. The Morgan fingerprint density at radius 1 is 1.35 bits per heavy atom. The van der Waals surface area contributed by atoms with Gasteiger partial charge in [0.2, 0.25) is 0 Å². The average Bonchev–Trinajstić information content (AvgIpc) is 2.92. The van der Waals surface area contributed by atoms with Gasteiger partial charge in [-0.15, -0.1) is 0 Å². The Bertz CT molecular complexity index is 889. The van der Waals surface area contributed by atoms with Gasteiger partial charge in [-0.3, -0.25) is 4.79 Å². The quantitative estimate of drug-likeness (QED) is 0.723. The molecule has 0 spiro atoms. The molecule has 0 bridgehead atoms. The van der Waals surface area contributed by atoms with Crippen molar-refractivity contribution in [2.75, 3.05) is 5.32 Å². The molecule has 0 saturated carbocycles. The van der Waals surface area contributed by atoms with Crippen molar-refractivity contribution in [1.29, 1.82) is 0 Å². The van der Waals surface area contributed by atoms with Crippen molar-refractivity contribution >= 4 is 40.4 Å². The average molecular weight is 331 g/mol. The maximum Gasteiger partial charge on any atom is 0.310 e. The lowest BCUT2D eigenvalue weighted by Gasteiger charge is -2.10. The van der Waals surface area contributed by atoms with Gasteiger partial charge < -0.3 is 14.8 Å². The van der Waals surface area contributed by atoms with E-state index < -0.39 is 11.9 Å². The molecular weight excluding hydrogens is 316 g/mol. The van der Waals surface area contributed by atoms with Gasteiger partial charge in [0.25, 0.3) is 6.01 Å². The minimum Gasteiger partial charge on any atom is -0.481 e. The number of aryl methyl sites for hydroxylation is 1. The summed E-state index contributed by atoms with van der Waals surface area (Å²) in [6.45, 7) is 3.58. The number of aliphatic carboxylic acids is 1. The smallest absolute Gasteiger partial charge is 0.310 e. The minimum atomic E-state index is -0.892. The molecule has 3 rings (SSSR count). The monoisotopic (exact) mass is 330 g/mol. The number of nitrogens with zero attached hydrogens (tertiary/aromatic N) is 1. The highest BCUT2D eigenvalue weighted by Crippen LogP contribution is 2.30. The van der Waals surface area contributed by atoms with Crippen LogP contribution in [-0.2, 0) is 4.79 Å². The number of carboxylic acids is 1. The van der Waals surface area contributed by atoms with Gasteiger partial charge >= 0.3 is 5.97 Å². The first-order valence-corrected chi connectivity index (χ1v) is 7.49. The molecular formula is C17H15ClN2O3. The number of anilines is 2. The number of oxazole rings is 1. The fourth-order valence-corrected chi connectivity index (χ4v) is 2.54. The molecule has 5 nitrogen and oxygen atoms in total. The summed E-state index contributed by atoms with van der Waals surface area (Å²) >= 11 is 6.23. The second-order valence-corrected chi connectivity index (χ2v) is 5.77. The van der Waals surface area contributed by atoms with Crippen LogP contribution in [0.3, 0.4) is 0 Å². The van der Waals surface area contributed by atoms with Crippen LogP contribution in [0.1, 0.15) is 24.0 Å². The number of para-hydroxylation sites is 1. The zero-order chi connectivity index (χ0) is 16.6. The van der Waals surface area contributed by atoms with E-state index in [-0.39, 0.29) is 0 Å². The molecule has 0 fully saturated rings. The molecule has 3 aromatic rings. The van der Waals surface area contributed by atoms with Gasteiger partial charge in [0.1, 0.15) is 5.52 Å². The number of carbonyl (C=O) groups is 1. The Morgan fingerprint density at radius 3 is 2.78 bits per heavy atom. The van der Waals surface area contributed by atoms with Crippen molar-refractivity contribution < 1.29 is 14.3 Å². The highest BCUT2D eigenvalue weighted by atomic mass is 35.5. The molecule has 23 heavy (non-hydrogen) atoms. The fourth-order valence-electron chi connectivity index (χ4n) is 2.30. The molecule has 6 heteroatoms. The number of hydrogen-bond donors (Lipinski definition) is 2. The molecule has 0 aliphatic heterocycles. The van der Waals surface area contributed by atoms with Crippen LogP contribution in [0, 0.1) is 6.92 Å². The zero-order valence-corrected chi connectivity index (χ0v) is 13.4. The van der Waals surface area contributed by atoms with E-state index in [0.717, 1.165) is 11.1 Å². The van der Waals surface area contributed by atoms with Crippen LogP contribution < -0.4 is 5.32 Å². The third kappa shape index (κ3) is 3.00. The van der Waals surface area contributed by atoms with E-state index in [1.165, 1.54) is 0 Å². The summed E-state index contributed by atoms with van der Waals surface area (Å²) in [5, 5.41) is 12.5. The van der Waals surface area contributed by atoms with Gasteiger partial charge in [0.15, 0.2) is 5.58 Å². The number of nitrogens with one attached hydrogen (secondary N) is 1. The van der Waals surface area contributed by atoms with Crippen LogP contribution in [0.25, 0.3) is 11.1 Å². The summed E-state index contributed by atoms with van der Waals surface area (Å²) in [7, 11) is 0. The molecule has 0 radical (unpaired) electrons. The fraction of sp³-hybridized carbons (Fsp3) is 0.176. The molecule has 1 unspecified atom stereocenters. The van der Waals surface area contributed by atoms with Crippen LogP contribution in [0.4, 0.5) is 11.7 Å². The minimum absolute atomic E-state index is 0.343. The van der Waals surface area contributed by atoms with Crippen molar-refractivity contribution in [1.82, 2.24) is 4.98 Å². The van der Waals surface area contributed by atoms with E-state index in [2.05, 4.69) is 10.3 Å². The van der Waals surface area contributed by atoms with Gasteiger partial charge in [-0.05, 0) is 43.2 Å². The Kier molecular flexibility index (Phi) is 3.96. The zero-order valence-electron chi connectivity index (χ0n) is 12.6. The van der Waals surface area contributed by atoms with Gasteiger partial charge in [0.05, 0.1) is 16.6 Å². The van der Waals surface area contributed by atoms with Crippen LogP contribution in [0.5, 0.6) is 0 Å². The summed E-state index contributed by atoms with van der Waals surface area (Å²) < 4.78 is 5.65. The SMILES string of the molecule is Cc1cccc2oc(Nc3ccc(C(C)C(=O)O)cc3Cl)nc12. The molecule has 1 atom stereocenters. The number of rotatable bonds is 4. The summed E-state index contributed by atoms with van der Waals surface area (Å²) in [4.78, 5) is 15.4. The van der Waals surface area contributed by atoms with Gasteiger partial charge in [-0.1, -0.05) is 29.8 Å². The summed E-state index contributed by atoms with van der Waals surface area (Å²) in [5.74, 6) is -1.51. The Labute approximate surface area is 137 Å². The van der Waals surface area contributed by atoms with Gasteiger partial charge in [0, 0.05) is 0 Å². The summed E-state index contributed by atoms with van der Waals surface area (Å²) in [6, 6.07) is 11.1. The molecule has 0 aliphatic carbocycles. The molecule has 118 valence electrons. The molecule has 2 aromatic carbocycles. The number of hydrogen-bond acceptors (Lipinski definition) is 4. The summed E-state index contributed by atoms with van der Waals surface area (Å²) in [5.41, 5.74) is 3.76. The van der Waals surface area contributed by atoms with E-state index >= 15 is 0 Å². The lowest BCUT2D eigenvalue weighted by Crippen LogP contribution is -2.07. The number of fused-ring (bicyclic) bond motifs is 1. The standard InChI is InChI=1S/C17H15ClN2O3/c1-9-4-3-5-14-15(9)20-17(23-14)19-13-7-6-11(8-12(13)18)10(2)16(21)22/h3-8,10H,1-2H3,(H,19,20)(H,21,22). The van der Waals surface area contributed by atoms with Crippen LogP contribution in [-0.4, -0.2) is 16.1 Å². The van der Waals surface area contributed by atoms with Crippen molar-refractivity contribution in [3.8, 4) is 0 Å². The Hall–Kier alpha value is -2.53. The van der Waals surface area contributed by atoms with Crippen LogP contribution in [0.15, 0.2) is 40.8 Å². The first-order valence-electron chi connectivity index (χ1n) is 7.11. The van der Waals surface area contributed by atoms with Crippen molar-refractivity contribution in [2.24, 2.45) is 0 Å². The third-order valence-electron chi connectivity index (χ3n) is 3.73. The predicted molar refractivity (Wildman–Crippen MR) is 89.5 cm³/mol. The predicted octanol–water partition coefficient (Wildman–Crippen LogP) is 4.72. The van der Waals surface area contributed by atoms with Gasteiger partial charge in [-0.2, -0.15) is 4.98 Å². The number of carboxylic acid groups (broad SMARTS) is 1. The Balaban J connectivity index is 1.90. The van der Waals surface area contributed by atoms with Crippen molar-refractivity contribution in [3.05, 3.63) is 52.5 Å². The number of halogens is 1. The summed E-state index contributed by atoms with van der Waals surface area (Å²) in [6.07, 6.45) is 0. The number of benzene rings is 2. The first-order chi connectivity index (χ1) is 11.0. The van der Waals surface area contributed by atoms with E-state index in [4.69, 9.17) is 21.1 Å². The van der Waals surface area contributed by atoms with Gasteiger partial charge in [-0.25, -0.2) is 0 Å². The van der Waals surface area contributed by atoms with Crippen LogP contribution >= 0.6 is 11.6 Å². The normalized spacial score (nSPS) is 12.3. The third-order valence-corrected chi connectivity index (χ3v) is 4.04. The van der Waals surface area contributed by atoms with E-state index in [9.17, 15) is 4.79 Å². The van der Waals surface area contributed by atoms with Crippen LogP contribution in [0.2, 0.25) is 5.02 Å². The second kappa shape index (κ2) is 5.93. The lowest BCUT2D eigenvalue weighted by molar-refractivity contribution is -0.138. The van der Waals surface area contributed by atoms with E-state index in [1.54, 1.807) is 25.1 Å². The first kappa shape index (κ1) is 15.4. The molecule has 1 aromatic heterocycles. The van der Waals surface area contributed by atoms with Crippen molar-refractivity contribution in [2.45, 2.75) is 19.8 Å². The molecule has 2 N–H and O–H groups in total. The molecule has 0 aliphatic rings. The molecule has 1 heterocycles. The topological polar surface area (TPSA) is 75.4 Å². The molecule has 0 amide bonds. The second-order valence-electron chi connectivity index (χ2n) is 5.36.